The van der Waals surface area contributed by atoms with Crippen molar-refractivity contribution in [3.05, 3.63) is 12.2 Å². The standard InChI is InChI=1S/C5H8.CH4O2/c1-2-4-5-3-1;1-3-2/h1-2H,3-5H2;2H,1H3. The van der Waals surface area contributed by atoms with E-state index in [1.54, 1.807) is 0 Å². The van der Waals surface area contributed by atoms with E-state index in [1.165, 1.54) is 26.4 Å². The van der Waals surface area contributed by atoms with E-state index >= 15 is 0 Å². The Bertz CT molecular complexity index is 53.5. The SMILES string of the molecule is C1=CCCC1.COO. The predicted molar refractivity (Wildman–Crippen MR) is 32.6 cm³/mol. The molecular formula is C6H12O2. The van der Waals surface area contributed by atoms with Crippen molar-refractivity contribution in [2.75, 3.05) is 7.11 Å². The molecule has 1 aliphatic carbocycles. The maximum absolute atomic E-state index is 7.07. The van der Waals surface area contributed by atoms with Gasteiger partial charge in [0.25, 0.3) is 0 Å². The van der Waals surface area contributed by atoms with Crippen LogP contribution in [0.1, 0.15) is 19.3 Å². The molecule has 1 N–H and O–H groups in total. The summed E-state index contributed by atoms with van der Waals surface area (Å²) in [5.41, 5.74) is 0. The first-order valence-electron chi connectivity index (χ1n) is 2.74. The highest BCUT2D eigenvalue weighted by Gasteiger charge is 1.84. The van der Waals surface area contributed by atoms with Crippen molar-refractivity contribution in [3.8, 4) is 0 Å². The van der Waals surface area contributed by atoms with Gasteiger partial charge in [0.1, 0.15) is 0 Å². The van der Waals surface area contributed by atoms with Crippen LogP contribution in [0.3, 0.4) is 0 Å². The lowest BCUT2D eigenvalue weighted by molar-refractivity contribution is -0.214. The molecule has 0 fully saturated rings. The molecule has 0 aromatic heterocycles. The Kier molecular flexibility index (Phi) is 6.38. The van der Waals surface area contributed by atoms with Crippen LogP contribution in [-0.2, 0) is 4.89 Å². The van der Waals surface area contributed by atoms with Crippen LogP contribution in [0.4, 0.5) is 0 Å². The summed E-state index contributed by atoms with van der Waals surface area (Å²) in [6.07, 6.45) is 8.50. The molecule has 0 amide bonds. The van der Waals surface area contributed by atoms with Gasteiger partial charge in [0.2, 0.25) is 0 Å². The van der Waals surface area contributed by atoms with Crippen LogP contribution in [0.15, 0.2) is 12.2 Å². The predicted octanol–water partition coefficient (Wildman–Crippen LogP) is 1.83. The first kappa shape index (κ1) is 7.66. The van der Waals surface area contributed by atoms with Crippen molar-refractivity contribution in [2.24, 2.45) is 0 Å². The van der Waals surface area contributed by atoms with E-state index in [2.05, 4.69) is 17.0 Å². The van der Waals surface area contributed by atoms with Gasteiger partial charge in [0.15, 0.2) is 0 Å². The minimum absolute atomic E-state index is 1.18. The van der Waals surface area contributed by atoms with E-state index in [1.807, 2.05) is 0 Å². The molecule has 1 aliphatic rings. The monoisotopic (exact) mass is 116 g/mol. The van der Waals surface area contributed by atoms with Crippen LogP contribution >= 0.6 is 0 Å². The number of hydrogen-bond acceptors (Lipinski definition) is 2. The summed E-state index contributed by atoms with van der Waals surface area (Å²) in [4.78, 5) is 3.25. The Morgan fingerprint density at radius 2 is 1.75 bits per heavy atom. The lowest BCUT2D eigenvalue weighted by Gasteiger charge is -1.69. The van der Waals surface area contributed by atoms with Gasteiger partial charge in [-0.1, -0.05) is 12.2 Å². The third kappa shape index (κ3) is 5.66. The van der Waals surface area contributed by atoms with Gasteiger partial charge in [-0.3, -0.25) is 5.26 Å². The summed E-state index contributed by atoms with van der Waals surface area (Å²) in [7, 11) is 1.18. The highest BCUT2D eigenvalue weighted by atomic mass is 17.1. The molecule has 2 nitrogen and oxygen atoms in total. The molecule has 0 aromatic rings. The molecule has 0 radical (unpaired) electrons. The van der Waals surface area contributed by atoms with Gasteiger partial charge >= 0.3 is 0 Å². The van der Waals surface area contributed by atoms with E-state index in [4.69, 9.17) is 5.26 Å². The smallest absolute Gasteiger partial charge is 0.0710 e. The van der Waals surface area contributed by atoms with E-state index in [-0.39, 0.29) is 0 Å². The van der Waals surface area contributed by atoms with Crippen molar-refractivity contribution < 1.29 is 10.1 Å². The fourth-order valence-electron chi connectivity index (χ4n) is 0.589. The van der Waals surface area contributed by atoms with E-state index in [0.717, 1.165) is 0 Å². The molecule has 0 heterocycles. The maximum Gasteiger partial charge on any atom is 0.0710 e. The van der Waals surface area contributed by atoms with E-state index in [0.29, 0.717) is 0 Å². The van der Waals surface area contributed by atoms with Crippen molar-refractivity contribution in [3.63, 3.8) is 0 Å². The second-order valence-electron chi connectivity index (χ2n) is 1.58. The molecule has 0 saturated heterocycles. The van der Waals surface area contributed by atoms with Crippen molar-refractivity contribution >= 4 is 0 Å². The van der Waals surface area contributed by atoms with Gasteiger partial charge in [-0.25, -0.2) is 4.89 Å². The zero-order valence-corrected chi connectivity index (χ0v) is 5.13. The zero-order chi connectivity index (χ0) is 6.24. The summed E-state index contributed by atoms with van der Waals surface area (Å²) >= 11 is 0. The topological polar surface area (TPSA) is 29.5 Å². The van der Waals surface area contributed by atoms with Crippen LogP contribution in [-0.4, -0.2) is 12.4 Å². The normalized spacial score (nSPS) is 15.2. The minimum atomic E-state index is 1.18. The van der Waals surface area contributed by atoms with Crippen LogP contribution < -0.4 is 0 Å². The fraction of sp³-hybridized carbons (Fsp3) is 0.667. The van der Waals surface area contributed by atoms with Crippen molar-refractivity contribution in [1.82, 2.24) is 0 Å². The molecule has 0 aliphatic heterocycles. The Labute approximate surface area is 49.7 Å². The van der Waals surface area contributed by atoms with Gasteiger partial charge in [-0.15, -0.1) is 0 Å². The Balaban J connectivity index is 0.000000145. The molecule has 0 bridgehead atoms. The highest BCUT2D eigenvalue weighted by Crippen LogP contribution is 2.05. The summed E-state index contributed by atoms with van der Waals surface area (Å²) in [6.45, 7) is 0. The van der Waals surface area contributed by atoms with Gasteiger partial charge in [0.05, 0.1) is 7.11 Å². The zero-order valence-electron chi connectivity index (χ0n) is 5.13. The third-order valence-corrected chi connectivity index (χ3v) is 0.908. The van der Waals surface area contributed by atoms with Gasteiger partial charge < -0.3 is 0 Å². The van der Waals surface area contributed by atoms with Crippen LogP contribution in [0.5, 0.6) is 0 Å². The van der Waals surface area contributed by atoms with Gasteiger partial charge in [-0.2, -0.15) is 0 Å². The molecule has 0 unspecified atom stereocenters. The Morgan fingerprint density at radius 3 is 1.88 bits per heavy atom. The van der Waals surface area contributed by atoms with Crippen molar-refractivity contribution in [2.45, 2.75) is 19.3 Å². The van der Waals surface area contributed by atoms with E-state index < -0.39 is 0 Å². The molecular weight excluding hydrogens is 104 g/mol. The molecule has 0 spiro atoms. The van der Waals surface area contributed by atoms with Gasteiger partial charge in [0, 0.05) is 0 Å². The lowest BCUT2D eigenvalue weighted by atomic mass is 10.4. The average molecular weight is 116 g/mol. The Morgan fingerprint density at radius 1 is 1.38 bits per heavy atom. The maximum atomic E-state index is 7.07. The Hall–Kier alpha value is -0.340. The summed E-state index contributed by atoms with van der Waals surface area (Å²) < 4.78 is 0. The summed E-state index contributed by atoms with van der Waals surface area (Å²) in [5, 5.41) is 7.07. The average Bonchev–Trinajstić information content (AvgIpc) is 2.17. The minimum Gasteiger partial charge on any atom is -0.252 e. The fourth-order valence-corrected chi connectivity index (χ4v) is 0.589. The third-order valence-electron chi connectivity index (χ3n) is 0.908. The van der Waals surface area contributed by atoms with Crippen LogP contribution in [0.25, 0.3) is 0 Å². The largest absolute Gasteiger partial charge is 0.252 e. The van der Waals surface area contributed by atoms with Gasteiger partial charge in [-0.05, 0) is 19.3 Å². The van der Waals surface area contributed by atoms with Crippen LogP contribution in [0, 0.1) is 0 Å². The molecule has 1 rings (SSSR count). The number of hydrogen-bond donors (Lipinski definition) is 1. The molecule has 0 saturated carbocycles. The summed E-state index contributed by atoms with van der Waals surface area (Å²) in [5.74, 6) is 0. The van der Waals surface area contributed by atoms with Crippen LogP contribution in [0.2, 0.25) is 0 Å². The number of allylic oxidation sites excluding steroid dienone is 2. The first-order valence-corrected chi connectivity index (χ1v) is 2.74. The molecule has 8 heavy (non-hydrogen) atoms. The second-order valence-corrected chi connectivity index (χ2v) is 1.58. The quantitative estimate of drug-likeness (QED) is 0.297. The molecule has 2 heteroatoms. The number of rotatable bonds is 0. The van der Waals surface area contributed by atoms with E-state index in [9.17, 15) is 0 Å². The molecule has 0 atom stereocenters. The highest BCUT2D eigenvalue weighted by molar-refractivity contribution is 4.88. The van der Waals surface area contributed by atoms with Crippen molar-refractivity contribution in [1.29, 1.82) is 0 Å². The molecule has 48 valence electrons. The lowest BCUT2D eigenvalue weighted by Crippen LogP contribution is -1.57. The second kappa shape index (κ2) is 6.66. The first-order chi connectivity index (χ1) is 3.91. The molecule has 0 aromatic carbocycles. The summed E-state index contributed by atoms with van der Waals surface area (Å²) in [6, 6.07) is 0.